The van der Waals surface area contributed by atoms with Gasteiger partial charge < -0.3 is 24.6 Å². The minimum Gasteiger partial charge on any atom is -0.457 e. The Hall–Kier alpha value is -2.10. The van der Waals surface area contributed by atoms with Gasteiger partial charge in [-0.25, -0.2) is 4.57 Å². The summed E-state index contributed by atoms with van der Waals surface area (Å²) in [5.41, 5.74) is 0. The summed E-state index contributed by atoms with van der Waals surface area (Å²) < 4.78 is 33.1. The standard InChI is InChI=1S/C41H71O9P/c1-3-5-7-9-11-13-15-16-17-18-19-20-21-22-23-25-27-29-31-33-41(44)50-40(38-49-51(45,46)48-36-39(43)35-42)37-47-34-32-30-28-26-24-14-12-10-8-6-4-2/h5,7,11,13,16-17,19-20,22-23,27,29,39-40,42-43H,3-4,6,8-10,12,14-15,18,21,24-26,28,30-38H2,1-2H3,(H,45,46)/b7-5-,13-11-,17-16-,20-19-,23-22-,29-27-. The lowest BCUT2D eigenvalue weighted by Crippen LogP contribution is -2.29. The molecule has 0 aromatic heterocycles. The zero-order valence-corrected chi connectivity index (χ0v) is 32.7. The Morgan fingerprint density at radius 2 is 1.08 bits per heavy atom. The molecule has 9 nitrogen and oxygen atoms in total. The highest BCUT2D eigenvalue weighted by Gasteiger charge is 2.26. The van der Waals surface area contributed by atoms with Crippen molar-refractivity contribution < 1.29 is 43.0 Å². The molecule has 0 rings (SSSR count). The van der Waals surface area contributed by atoms with Crippen LogP contribution in [0.5, 0.6) is 0 Å². The first-order valence-corrected chi connectivity index (χ1v) is 20.9. The van der Waals surface area contributed by atoms with Crippen molar-refractivity contribution in [3.8, 4) is 0 Å². The summed E-state index contributed by atoms with van der Waals surface area (Å²) in [7, 11) is -4.53. The van der Waals surface area contributed by atoms with Crippen molar-refractivity contribution in [3.63, 3.8) is 0 Å². The molecule has 0 fully saturated rings. The van der Waals surface area contributed by atoms with Gasteiger partial charge in [0.25, 0.3) is 0 Å². The topological polar surface area (TPSA) is 132 Å². The first kappa shape index (κ1) is 48.9. The van der Waals surface area contributed by atoms with Gasteiger partial charge >= 0.3 is 13.8 Å². The third kappa shape index (κ3) is 37.5. The summed E-state index contributed by atoms with van der Waals surface area (Å²) in [5, 5.41) is 18.3. The second kappa shape index (κ2) is 37.7. The number of allylic oxidation sites excluding steroid dienone is 12. The fourth-order valence-electron chi connectivity index (χ4n) is 4.73. The van der Waals surface area contributed by atoms with Gasteiger partial charge in [-0.2, -0.15) is 0 Å². The molecular weight excluding hydrogens is 667 g/mol. The fourth-order valence-corrected chi connectivity index (χ4v) is 5.52. The van der Waals surface area contributed by atoms with E-state index in [1.165, 1.54) is 51.4 Å². The van der Waals surface area contributed by atoms with Crippen LogP contribution in [0, 0.1) is 0 Å². The molecule has 3 N–H and O–H groups in total. The third-order valence-corrected chi connectivity index (χ3v) is 8.62. The van der Waals surface area contributed by atoms with Crippen molar-refractivity contribution in [1.29, 1.82) is 0 Å². The van der Waals surface area contributed by atoms with Crippen LogP contribution in [-0.4, -0.2) is 66.3 Å². The highest BCUT2D eigenvalue weighted by Crippen LogP contribution is 2.43. The number of ether oxygens (including phenoxy) is 2. The predicted molar refractivity (Wildman–Crippen MR) is 209 cm³/mol. The molecule has 0 aromatic carbocycles. The van der Waals surface area contributed by atoms with Gasteiger partial charge in [0.2, 0.25) is 0 Å². The molecule has 0 bridgehead atoms. The van der Waals surface area contributed by atoms with E-state index in [0.717, 1.165) is 57.8 Å². The maximum atomic E-state index is 12.5. The number of aliphatic hydroxyl groups is 2. The molecule has 0 spiro atoms. The molecule has 0 aliphatic rings. The molecule has 294 valence electrons. The lowest BCUT2D eigenvalue weighted by molar-refractivity contribution is -0.154. The summed E-state index contributed by atoms with van der Waals surface area (Å²) in [6, 6.07) is 0. The third-order valence-electron chi connectivity index (χ3n) is 7.67. The lowest BCUT2D eigenvalue weighted by Gasteiger charge is -2.20. The Balaban J connectivity index is 4.37. The molecule has 0 saturated carbocycles. The number of unbranched alkanes of at least 4 members (excludes halogenated alkanes) is 10. The quantitative estimate of drug-likeness (QED) is 0.0249. The second-order valence-electron chi connectivity index (χ2n) is 12.6. The van der Waals surface area contributed by atoms with Crippen LogP contribution in [0.1, 0.15) is 136 Å². The van der Waals surface area contributed by atoms with E-state index in [0.29, 0.717) is 13.0 Å². The molecule has 10 heteroatoms. The van der Waals surface area contributed by atoms with Crippen LogP contribution in [0.15, 0.2) is 72.9 Å². The minimum absolute atomic E-state index is 0.0165. The van der Waals surface area contributed by atoms with Gasteiger partial charge in [0.15, 0.2) is 0 Å². The number of phosphoric acid groups is 1. The first-order valence-electron chi connectivity index (χ1n) is 19.4. The smallest absolute Gasteiger partial charge is 0.457 e. The van der Waals surface area contributed by atoms with Crippen LogP contribution in [-0.2, 0) is 27.9 Å². The Bertz CT molecular complexity index is 1020. The Morgan fingerprint density at radius 3 is 1.57 bits per heavy atom. The lowest BCUT2D eigenvalue weighted by atomic mass is 10.1. The van der Waals surface area contributed by atoms with E-state index in [4.69, 9.17) is 23.6 Å². The van der Waals surface area contributed by atoms with E-state index in [-0.39, 0.29) is 13.0 Å². The molecule has 0 aliphatic heterocycles. The monoisotopic (exact) mass is 738 g/mol. The maximum absolute atomic E-state index is 12.5. The van der Waals surface area contributed by atoms with Crippen molar-refractivity contribution in [2.45, 2.75) is 148 Å². The highest BCUT2D eigenvalue weighted by molar-refractivity contribution is 7.47. The van der Waals surface area contributed by atoms with E-state index < -0.39 is 45.8 Å². The van der Waals surface area contributed by atoms with E-state index in [9.17, 15) is 19.4 Å². The molecule has 0 heterocycles. The van der Waals surface area contributed by atoms with Gasteiger partial charge in [0.05, 0.1) is 26.4 Å². The average molecular weight is 739 g/mol. The van der Waals surface area contributed by atoms with E-state index in [1.54, 1.807) is 0 Å². The van der Waals surface area contributed by atoms with Gasteiger partial charge in [-0.05, 0) is 51.4 Å². The number of esters is 1. The van der Waals surface area contributed by atoms with Gasteiger partial charge in [-0.3, -0.25) is 13.8 Å². The number of hydrogen-bond donors (Lipinski definition) is 3. The number of rotatable bonds is 36. The van der Waals surface area contributed by atoms with Gasteiger partial charge in [-0.1, -0.05) is 151 Å². The van der Waals surface area contributed by atoms with Crippen molar-refractivity contribution in [3.05, 3.63) is 72.9 Å². The Morgan fingerprint density at radius 1 is 0.627 bits per heavy atom. The van der Waals surface area contributed by atoms with Gasteiger partial charge in [0.1, 0.15) is 12.2 Å². The van der Waals surface area contributed by atoms with Crippen molar-refractivity contribution in [2.75, 3.05) is 33.0 Å². The summed E-state index contributed by atoms with van der Waals surface area (Å²) >= 11 is 0. The fraction of sp³-hybridized carbons (Fsp3) is 0.683. The molecule has 3 unspecified atom stereocenters. The number of aliphatic hydroxyl groups excluding tert-OH is 2. The number of phosphoric ester groups is 1. The van der Waals surface area contributed by atoms with Crippen molar-refractivity contribution in [2.24, 2.45) is 0 Å². The number of carbonyl (C=O) groups is 1. The predicted octanol–water partition coefficient (Wildman–Crippen LogP) is 10.2. The molecule has 0 saturated heterocycles. The SMILES string of the molecule is CC/C=C\C/C=C\C/C=C\C/C=C\C/C=C\C/C=C\CCC(=O)OC(COCCCCCCCCCCCCC)COP(=O)(O)OCC(O)CO. The summed E-state index contributed by atoms with van der Waals surface area (Å²) in [6.45, 7) is 3.27. The van der Waals surface area contributed by atoms with Gasteiger partial charge in [0, 0.05) is 13.0 Å². The molecule has 0 amide bonds. The van der Waals surface area contributed by atoms with Crippen molar-refractivity contribution >= 4 is 13.8 Å². The van der Waals surface area contributed by atoms with Crippen LogP contribution >= 0.6 is 7.82 Å². The highest BCUT2D eigenvalue weighted by atomic mass is 31.2. The average Bonchev–Trinajstić information content (AvgIpc) is 3.12. The van der Waals surface area contributed by atoms with E-state index in [2.05, 4.69) is 74.6 Å². The summed E-state index contributed by atoms with van der Waals surface area (Å²) in [6.07, 6.45) is 43.0. The Kier molecular flexibility index (Phi) is 36.1. The molecule has 0 aromatic rings. The van der Waals surface area contributed by atoms with Gasteiger partial charge in [-0.15, -0.1) is 0 Å². The molecule has 51 heavy (non-hydrogen) atoms. The molecular formula is C41H71O9P. The zero-order valence-electron chi connectivity index (χ0n) is 31.8. The van der Waals surface area contributed by atoms with E-state index >= 15 is 0 Å². The summed E-state index contributed by atoms with van der Waals surface area (Å²) in [4.78, 5) is 22.4. The van der Waals surface area contributed by atoms with Crippen LogP contribution in [0.4, 0.5) is 0 Å². The molecule has 0 aliphatic carbocycles. The van der Waals surface area contributed by atoms with Crippen LogP contribution < -0.4 is 0 Å². The largest absolute Gasteiger partial charge is 0.472 e. The second-order valence-corrected chi connectivity index (χ2v) is 14.0. The maximum Gasteiger partial charge on any atom is 0.472 e. The van der Waals surface area contributed by atoms with E-state index in [1.807, 2.05) is 12.2 Å². The van der Waals surface area contributed by atoms with Crippen LogP contribution in [0.3, 0.4) is 0 Å². The zero-order chi connectivity index (χ0) is 37.5. The Labute approximate surface area is 310 Å². The minimum atomic E-state index is -4.53. The number of hydrogen-bond acceptors (Lipinski definition) is 8. The van der Waals surface area contributed by atoms with Crippen LogP contribution in [0.25, 0.3) is 0 Å². The van der Waals surface area contributed by atoms with Crippen molar-refractivity contribution in [1.82, 2.24) is 0 Å². The molecule has 3 atom stereocenters. The summed E-state index contributed by atoms with van der Waals surface area (Å²) in [5.74, 6) is -0.467. The normalized spacial score (nSPS) is 15.0. The number of carbonyl (C=O) groups excluding carboxylic acids is 1. The van der Waals surface area contributed by atoms with Crippen LogP contribution in [0.2, 0.25) is 0 Å². The first-order chi connectivity index (χ1) is 24.8. The molecule has 0 radical (unpaired) electrons.